The zero-order valence-electron chi connectivity index (χ0n) is 14.0. The summed E-state index contributed by atoms with van der Waals surface area (Å²) < 4.78 is 4.95. The summed E-state index contributed by atoms with van der Waals surface area (Å²) >= 11 is 2.39. The van der Waals surface area contributed by atoms with Crippen LogP contribution in [-0.2, 0) is 16.0 Å². The molecule has 0 aromatic carbocycles. The minimum absolute atomic E-state index is 0.0681. The summed E-state index contributed by atoms with van der Waals surface area (Å²) in [5.41, 5.74) is 0.808. The molecule has 0 radical (unpaired) electrons. The number of thiophene rings is 1. The van der Waals surface area contributed by atoms with Crippen LogP contribution in [0.15, 0.2) is 27.5 Å². The number of aromatic nitrogens is 2. The summed E-state index contributed by atoms with van der Waals surface area (Å²) in [6, 6.07) is 3.07. The summed E-state index contributed by atoms with van der Waals surface area (Å²) in [6.07, 6.45) is 1.60. The van der Waals surface area contributed by atoms with Gasteiger partial charge in [-0.05, 0) is 24.8 Å². The van der Waals surface area contributed by atoms with Crippen molar-refractivity contribution in [1.82, 2.24) is 9.97 Å². The van der Waals surface area contributed by atoms with Gasteiger partial charge in [0.1, 0.15) is 5.00 Å². The van der Waals surface area contributed by atoms with Gasteiger partial charge in [0.2, 0.25) is 5.91 Å². The maximum absolute atomic E-state index is 12.1. The highest BCUT2D eigenvalue weighted by molar-refractivity contribution is 7.99. The van der Waals surface area contributed by atoms with Crippen LogP contribution in [0.1, 0.15) is 36.3 Å². The van der Waals surface area contributed by atoms with E-state index in [4.69, 9.17) is 4.74 Å². The van der Waals surface area contributed by atoms with Crippen LogP contribution in [0, 0.1) is 0 Å². The van der Waals surface area contributed by atoms with Crippen LogP contribution in [0.5, 0.6) is 0 Å². The predicted octanol–water partition coefficient (Wildman–Crippen LogP) is 2.69. The largest absolute Gasteiger partial charge is 0.462 e. The molecule has 134 valence electrons. The molecule has 0 saturated heterocycles. The van der Waals surface area contributed by atoms with Gasteiger partial charge in [0, 0.05) is 11.8 Å². The lowest BCUT2D eigenvalue weighted by Crippen LogP contribution is -2.17. The van der Waals surface area contributed by atoms with Gasteiger partial charge in [-0.2, -0.15) is 0 Å². The van der Waals surface area contributed by atoms with Crippen molar-refractivity contribution in [1.29, 1.82) is 0 Å². The third-order valence-electron chi connectivity index (χ3n) is 3.03. The molecule has 0 spiro atoms. The first kappa shape index (κ1) is 19.2. The van der Waals surface area contributed by atoms with Gasteiger partial charge in [0.15, 0.2) is 5.16 Å². The van der Waals surface area contributed by atoms with E-state index in [2.05, 4.69) is 15.3 Å². The number of ether oxygens (including phenoxy) is 1. The molecule has 0 fully saturated rings. The molecule has 2 heterocycles. The fourth-order valence-corrected chi connectivity index (χ4v) is 3.49. The number of esters is 1. The molecule has 2 N–H and O–H groups in total. The molecule has 25 heavy (non-hydrogen) atoms. The fraction of sp³-hybridized carbons (Fsp3) is 0.375. The molecular formula is C16H19N3O4S2. The Morgan fingerprint density at radius 1 is 1.40 bits per heavy atom. The zero-order valence-corrected chi connectivity index (χ0v) is 15.6. The van der Waals surface area contributed by atoms with Gasteiger partial charge in [-0.3, -0.25) is 9.59 Å². The lowest BCUT2D eigenvalue weighted by Gasteiger charge is -2.06. The van der Waals surface area contributed by atoms with Crippen molar-refractivity contribution < 1.29 is 14.3 Å². The zero-order chi connectivity index (χ0) is 18.2. The van der Waals surface area contributed by atoms with E-state index in [9.17, 15) is 14.4 Å². The van der Waals surface area contributed by atoms with Crippen molar-refractivity contribution in [2.45, 2.75) is 31.8 Å². The fourth-order valence-electron chi connectivity index (χ4n) is 2.01. The first-order chi connectivity index (χ1) is 12.0. The first-order valence-corrected chi connectivity index (χ1v) is 9.67. The molecule has 7 nitrogen and oxygen atoms in total. The van der Waals surface area contributed by atoms with Crippen molar-refractivity contribution >= 4 is 40.0 Å². The van der Waals surface area contributed by atoms with Crippen LogP contribution in [0.2, 0.25) is 0 Å². The Bertz CT molecular complexity index is 801. The van der Waals surface area contributed by atoms with Gasteiger partial charge in [-0.25, -0.2) is 9.78 Å². The molecule has 0 aliphatic rings. The average molecular weight is 381 g/mol. The number of rotatable bonds is 8. The minimum atomic E-state index is -0.468. The summed E-state index contributed by atoms with van der Waals surface area (Å²) in [4.78, 5) is 42.5. The van der Waals surface area contributed by atoms with Gasteiger partial charge in [0.05, 0.1) is 17.9 Å². The van der Waals surface area contributed by atoms with Crippen LogP contribution >= 0.6 is 23.1 Å². The molecule has 0 saturated carbocycles. The van der Waals surface area contributed by atoms with E-state index in [-0.39, 0.29) is 23.8 Å². The minimum Gasteiger partial charge on any atom is -0.462 e. The van der Waals surface area contributed by atoms with Crippen molar-refractivity contribution in [3.63, 3.8) is 0 Å². The van der Waals surface area contributed by atoms with Crippen molar-refractivity contribution in [3.05, 3.63) is 39.1 Å². The van der Waals surface area contributed by atoms with E-state index in [0.717, 1.165) is 18.2 Å². The topological polar surface area (TPSA) is 101 Å². The highest BCUT2D eigenvalue weighted by atomic mass is 32.2. The number of aryl methyl sites for hydroxylation is 1. The SMILES string of the molecule is CCCc1cc(=O)[nH]c(SCC(=O)Nc2sccc2C(=O)OCC)n1. The second kappa shape index (κ2) is 9.38. The quantitative estimate of drug-likeness (QED) is 0.414. The number of aromatic amines is 1. The number of H-pyrrole nitrogens is 1. The Labute approximate surface area is 153 Å². The van der Waals surface area contributed by atoms with Gasteiger partial charge < -0.3 is 15.0 Å². The van der Waals surface area contributed by atoms with E-state index in [1.54, 1.807) is 18.4 Å². The molecule has 1 amide bonds. The van der Waals surface area contributed by atoms with E-state index >= 15 is 0 Å². The van der Waals surface area contributed by atoms with Gasteiger partial charge in [-0.1, -0.05) is 25.1 Å². The Morgan fingerprint density at radius 3 is 2.92 bits per heavy atom. The third-order valence-corrected chi connectivity index (χ3v) is 4.74. The van der Waals surface area contributed by atoms with Gasteiger partial charge in [-0.15, -0.1) is 11.3 Å². The maximum Gasteiger partial charge on any atom is 0.341 e. The van der Waals surface area contributed by atoms with Crippen LogP contribution < -0.4 is 10.9 Å². The number of hydrogen-bond acceptors (Lipinski definition) is 7. The smallest absolute Gasteiger partial charge is 0.341 e. The second-order valence-corrected chi connectivity index (χ2v) is 6.89. The van der Waals surface area contributed by atoms with Crippen LogP contribution in [0.4, 0.5) is 5.00 Å². The molecule has 9 heteroatoms. The number of hydrogen-bond donors (Lipinski definition) is 2. The van der Waals surface area contributed by atoms with Crippen molar-refractivity contribution in [3.8, 4) is 0 Å². The van der Waals surface area contributed by atoms with E-state index in [1.165, 1.54) is 17.4 Å². The predicted molar refractivity (Wildman–Crippen MR) is 98.5 cm³/mol. The molecule has 0 aliphatic heterocycles. The summed E-state index contributed by atoms with van der Waals surface area (Å²) in [5.74, 6) is -0.690. The van der Waals surface area contributed by atoms with Crippen molar-refractivity contribution in [2.75, 3.05) is 17.7 Å². The standard InChI is InChI=1S/C16H19N3O4S2/c1-3-5-10-8-12(20)19-16(17-10)25-9-13(21)18-14-11(6-7-24-14)15(22)23-4-2/h6-8H,3-5,9H2,1-2H3,(H,18,21)(H,17,19,20). The molecule has 0 atom stereocenters. The van der Waals surface area contributed by atoms with Gasteiger partial charge >= 0.3 is 5.97 Å². The Hall–Kier alpha value is -2.13. The highest BCUT2D eigenvalue weighted by Gasteiger charge is 2.16. The summed E-state index contributed by atoms with van der Waals surface area (Å²) in [5, 5.41) is 5.26. The maximum atomic E-state index is 12.1. The number of carbonyl (C=O) groups is 2. The molecule has 0 bridgehead atoms. The average Bonchev–Trinajstić information content (AvgIpc) is 3.01. The number of carbonyl (C=O) groups excluding carboxylic acids is 2. The summed E-state index contributed by atoms with van der Waals surface area (Å²) in [6.45, 7) is 4.00. The molecular weight excluding hydrogens is 362 g/mol. The Kier molecular flexibility index (Phi) is 7.20. The number of nitrogens with zero attached hydrogens (tertiary/aromatic N) is 1. The Balaban J connectivity index is 1.97. The van der Waals surface area contributed by atoms with Crippen LogP contribution in [0.3, 0.4) is 0 Å². The number of nitrogens with one attached hydrogen (secondary N) is 2. The van der Waals surface area contributed by atoms with Gasteiger partial charge in [0.25, 0.3) is 5.56 Å². The lowest BCUT2D eigenvalue weighted by molar-refractivity contribution is -0.113. The molecule has 0 unspecified atom stereocenters. The molecule has 2 rings (SSSR count). The number of thioether (sulfide) groups is 1. The normalized spacial score (nSPS) is 10.5. The molecule has 2 aromatic rings. The summed E-state index contributed by atoms with van der Waals surface area (Å²) in [7, 11) is 0. The third kappa shape index (κ3) is 5.71. The number of amides is 1. The molecule has 2 aromatic heterocycles. The molecule has 0 aliphatic carbocycles. The van der Waals surface area contributed by atoms with Crippen LogP contribution in [0.25, 0.3) is 0 Å². The van der Waals surface area contributed by atoms with E-state index in [0.29, 0.717) is 27.8 Å². The lowest BCUT2D eigenvalue weighted by atomic mass is 10.2. The van der Waals surface area contributed by atoms with E-state index < -0.39 is 5.97 Å². The monoisotopic (exact) mass is 381 g/mol. The first-order valence-electron chi connectivity index (χ1n) is 7.81. The van der Waals surface area contributed by atoms with E-state index in [1.807, 2.05) is 6.92 Å². The van der Waals surface area contributed by atoms with Crippen LogP contribution in [-0.4, -0.2) is 34.2 Å². The van der Waals surface area contributed by atoms with Crippen molar-refractivity contribution in [2.24, 2.45) is 0 Å². The Morgan fingerprint density at radius 2 is 2.20 bits per heavy atom. The second-order valence-electron chi connectivity index (χ2n) is 5.01. The number of anilines is 1. The highest BCUT2D eigenvalue weighted by Crippen LogP contribution is 2.24.